The van der Waals surface area contributed by atoms with Crippen LogP contribution in [0.4, 0.5) is 0 Å². The molecule has 1 aliphatic carbocycles. The highest BCUT2D eigenvalue weighted by Gasteiger charge is 2.17. The van der Waals surface area contributed by atoms with Crippen molar-refractivity contribution >= 4 is 11.6 Å². The first-order valence-corrected chi connectivity index (χ1v) is 3.07. The Hall–Kier alpha value is -1.18. The number of allylic oxidation sites excluding steroid dienone is 4. The molecule has 0 fully saturated rings. The van der Waals surface area contributed by atoms with Crippen LogP contribution in [0.5, 0.6) is 0 Å². The Morgan fingerprint density at radius 3 is 2.20 bits per heavy atom. The molecular weight excluding hydrogens is 128 g/mol. The second-order valence-electron chi connectivity index (χ2n) is 2.33. The molecule has 52 valence electrons. The topological polar surface area (TPSA) is 34.1 Å². The molecule has 1 rings (SSSR count). The third-order valence-electron chi connectivity index (χ3n) is 1.64. The molecule has 0 aromatic carbocycles. The van der Waals surface area contributed by atoms with Gasteiger partial charge in [0.25, 0.3) is 0 Å². The molecule has 0 atom stereocenters. The summed E-state index contributed by atoms with van der Waals surface area (Å²) >= 11 is 0. The first-order valence-electron chi connectivity index (χ1n) is 3.07. The van der Waals surface area contributed by atoms with Crippen molar-refractivity contribution in [2.24, 2.45) is 0 Å². The summed E-state index contributed by atoms with van der Waals surface area (Å²) in [5.74, 6) is -0.789. The summed E-state index contributed by atoms with van der Waals surface area (Å²) < 4.78 is 0. The molecular formula is C8H8O2. The number of hydrogen-bond acceptors (Lipinski definition) is 2. The van der Waals surface area contributed by atoms with Gasteiger partial charge in [0.15, 0.2) is 0 Å². The van der Waals surface area contributed by atoms with Crippen molar-refractivity contribution in [3.05, 3.63) is 23.3 Å². The fourth-order valence-corrected chi connectivity index (χ4v) is 0.765. The molecule has 0 saturated heterocycles. The molecule has 0 aliphatic heterocycles. The van der Waals surface area contributed by atoms with Gasteiger partial charge in [0.1, 0.15) is 0 Å². The zero-order valence-electron chi connectivity index (χ0n) is 5.97. The minimum atomic E-state index is -0.414. The smallest absolute Gasteiger partial charge is 0.228 e. The standard InChI is InChI=1S/C8H8O2/c1-5-3-4-7(9)8(10)6(5)2/h3-4H,1-2H3. The summed E-state index contributed by atoms with van der Waals surface area (Å²) in [4.78, 5) is 21.6. The summed E-state index contributed by atoms with van der Waals surface area (Å²) in [6, 6.07) is 0. The number of carbonyl (C=O) groups excluding carboxylic acids is 2. The summed E-state index contributed by atoms with van der Waals surface area (Å²) in [5, 5.41) is 0. The highest BCUT2D eigenvalue weighted by molar-refractivity contribution is 6.48. The molecule has 2 nitrogen and oxygen atoms in total. The number of Topliss-reactive ketones (excluding diaryl/α,β-unsaturated/α-hetero) is 1. The van der Waals surface area contributed by atoms with E-state index >= 15 is 0 Å². The quantitative estimate of drug-likeness (QED) is 0.368. The average molecular weight is 136 g/mol. The van der Waals surface area contributed by atoms with Gasteiger partial charge < -0.3 is 0 Å². The SMILES string of the molecule is CC1=C(C)C(=O)C(=O)C=C1. The van der Waals surface area contributed by atoms with Gasteiger partial charge in [-0.1, -0.05) is 6.08 Å². The summed E-state index contributed by atoms with van der Waals surface area (Å²) in [6.45, 7) is 3.48. The first-order chi connectivity index (χ1) is 4.63. The molecule has 0 saturated carbocycles. The molecule has 0 aromatic rings. The lowest BCUT2D eigenvalue weighted by Gasteiger charge is -2.04. The van der Waals surface area contributed by atoms with Crippen molar-refractivity contribution in [1.82, 2.24) is 0 Å². The summed E-state index contributed by atoms with van der Waals surface area (Å²) in [5.41, 5.74) is 1.44. The molecule has 0 amide bonds. The van der Waals surface area contributed by atoms with Crippen molar-refractivity contribution in [2.45, 2.75) is 13.8 Å². The molecule has 0 N–H and O–H groups in total. The number of carbonyl (C=O) groups is 2. The van der Waals surface area contributed by atoms with E-state index in [-0.39, 0.29) is 5.78 Å². The van der Waals surface area contributed by atoms with Crippen LogP contribution < -0.4 is 0 Å². The Morgan fingerprint density at radius 2 is 1.70 bits per heavy atom. The lowest BCUT2D eigenvalue weighted by atomic mass is 9.98. The first kappa shape index (κ1) is 6.93. The fraction of sp³-hybridized carbons (Fsp3) is 0.250. The van der Waals surface area contributed by atoms with Crippen LogP contribution in [0.15, 0.2) is 23.3 Å². The predicted molar refractivity (Wildman–Crippen MR) is 37.5 cm³/mol. The van der Waals surface area contributed by atoms with Gasteiger partial charge in [-0.3, -0.25) is 9.59 Å². The minimum Gasteiger partial charge on any atom is -0.286 e. The van der Waals surface area contributed by atoms with E-state index in [2.05, 4.69) is 0 Å². The third-order valence-corrected chi connectivity index (χ3v) is 1.64. The van der Waals surface area contributed by atoms with E-state index in [0.717, 1.165) is 5.57 Å². The third kappa shape index (κ3) is 0.923. The summed E-state index contributed by atoms with van der Waals surface area (Å²) in [6.07, 6.45) is 2.98. The molecule has 0 radical (unpaired) electrons. The Labute approximate surface area is 59.2 Å². The normalized spacial score (nSPS) is 18.6. The largest absolute Gasteiger partial charge is 0.286 e. The second-order valence-corrected chi connectivity index (χ2v) is 2.33. The lowest BCUT2D eigenvalue weighted by Crippen LogP contribution is -2.16. The molecule has 1 aliphatic rings. The molecule has 0 bridgehead atoms. The van der Waals surface area contributed by atoms with E-state index in [9.17, 15) is 9.59 Å². The highest BCUT2D eigenvalue weighted by Crippen LogP contribution is 2.11. The summed E-state index contributed by atoms with van der Waals surface area (Å²) in [7, 11) is 0. The second kappa shape index (κ2) is 2.21. The van der Waals surface area contributed by atoms with E-state index in [0.29, 0.717) is 5.57 Å². The van der Waals surface area contributed by atoms with Gasteiger partial charge in [-0.25, -0.2) is 0 Å². The van der Waals surface area contributed by atoms with Gasteiger partial charge in [-0.15, -0.1) is 0 Å². The Bertz CT molecular complexity index is 256. The van der Waals surface area contributed by atoms with Gasteiger partial charge in [-0.05, 0) is 25.5 Å². The lowest BCUT2D eigenvalue weighted by molar-refractivity contribution is -0.131. The molecule has 10 heavy (non-hydrogen) atoms. The zero-order chi connectivity index (χ0) is 7.72. The molecule has 0 aromatic heterocycles. The van der Waals surface area contributed by atoms with Gasteiger partial charge >= 0.3 is 0 Å². The highest BCUT2D eigenvalue weighted by atomic mass is 16.2. The van der Waals surface area contributed by atoms with Crippen molar-refractivity contribution < 1.29 is 9.59 Å². The zero-order valence-corrected chi connectivity index (χ0v) is 5.97. The maximum Gasteiger partial charge on any atom is 0.228 e. The van der Waals surface area contributed by atoms with Gasteiger partial charge in [0.2, 0.25) is 11.6 Å². The molecule has 0 heterocycles. The van der Waals surface area contributed by atoms with Crippen LogP contribution in [0.2, 0.25) is 0 Å². The maximum atomic E-state index is 10.9. The molecule has 2 heteroatoms. The Morgan fingerprint density at radius 1 is 1.10 bits per heavy atom. The van der Waals surface area contributed by atoms with Gasteiger partial charge in [0, 0.05) is 5.57 Å². The number of hydrogen-bond donors (Lipinski definition) is 0. The Kier molecular flexibility index (Phi) is 1.53. The van der Waals surface area contributed by atoms with E-state index < -0.39 is 5.78 Å². The van der Waals surface area contributed by atoms with Crippen molar-refractivity contribution in [1.29, 1.82) is 0 Å². The van der Waals surface area contributed by atoms with Crippen LogP contribution in [0.25, 0.3) is 0 Å². The molecule has 0 unspecified atom stereocenters. The van der Waals surface area contributed by atoms with Crippen LogP contribution in [-0.4, -0.2) is 11.6 Å². The van der Waals surface area contributed by atoms with Gasteiger partial charge in [0.05, 0.1) is 0 Å². The van der Waals surface area contributed by atoms with Crippen LogP contribution in [-0.2, 0) is 9.59 Å². The van der Waals surface area contributed by atoms with E-state index in [1.54, 1.807) is 13.0 Å². The van der Waals surface area contributed by atoms with Crippen LogP contribution in [0.3, 0.4) is 0 Å². The predicted octanol–water partition coefficient (Wildman–Crippen LogP) is 1.03. The van der Waals surface area contributed by atoms with Gasteiger partial charge in [-0.2, -0.15) is 0 Å². The average Bonchev–Trinajstić information content (AvgIpc) is 1.93. The minimum absolute atomic E-state index is 0.375. The van der Waals surface area contributed by atoms with E-state index in [1.807, 2.05) is 6.92 Å². The monoisotopic (exact) mass is 136 g/mol. The van der Waals surface area contributed by atoms with Crippen molar-refractivity contribution in [3.8, 4) is 0 Å². The van der Waals surface area contributed by atoms with Crippen LogP contribution >= 0.6 is 0 Å². The number of ketones is 2. The van der Waals surface area contributed by atoms with E-state index in [1.165, 1.54) is 6.08 Å². The van der Waals surface area contributed by atoms with Crippen LogP contribution in [0, 0.1) is 0 Å². The molecule has 0 spiro atoms. The van der Waals surface area contributed by atoms with Crippen molar-refractivity contribution in [2.75, 3.05) is 0 Å². The fourth-order valence-electron chi connectivity index (χ4n) is 0.765. The number of rotatable bonds is 0. The Balaban J connectivity index is 3.11. The van der Waals surface area contributed by atoms with Crippen LogP contribution in [0.1, 0.15) is 13.8 Å². The maximum absolute atomic E-state index is 10.9. The van der Waals surface area contributed by atoms with E-state index in [4.69, 9.17) is 0 Å². The van der Waals surface area contributed by atoms with Crippen molar-refractivity contribution in [3.63, 3.8) is 0 Å².